The molecule has 0 aliphatic rings. The fraction of sp³-hybridized carbons (Fsp3) is 0.280. The van der Waals surface area contributed by atoms with Gasteiger partial charge in [0.1, 0.15) is 0 Å². The molecular weight excluding hydrogens is 411 g/mol. The molecule has 0 atom stereocenters. The smallest absolute Gasteiger partial charge is 0.398 e. The van der Waals surface area contributed by atoms with E-state index in [4.69, 9.17) is 0 Å². The SMILES string of the molecule is CCc1ccc(CCC(F)(F)Oc2ccc(-c3ccc(C)cc3)c(C(F)F)c2F)cc1. The van der Waals surface area contributed by atoms with E-state index in [1.165, 1.54) is 6.07 Å². The average Bonchev–Trinajstić information content (AvgIpc) is 2.74. The van der Waals surface area contributed by atoms with Crippen LogP contribution in [0.5, 0.6) is 5.75 Å². The maximum atomic E-state index is 14.8. The standard InChI is InChI=1S/C25H23F5O/c1-3-17-6-8-18(9-7-17)14-15-25(29,30)31-21-13-12-20(22(23(21)26)24(27)28)19-10-4-16(2)5-11-19/h4-13,24H,3,14-15H2,1-2H3. The number of hydrogen-bond acceptors (Lipinski definition) is 1. The van der Waals surface area contributed by atoms with E-state index in [1.807, 2.05) is 26.0 Å². The second-order valence-corrected chi connectivity index (χ2v) is 7.42. The van der Waals surface area contributed by atoms with Crippen molar-refractivity contribution >= 4 is 0 Å². The van der Waals surface area contributed by atoms with Gasteiger partial charge in [0.15, 0.2) is 11.6 Å². The molecule has 3 rings (SSSR count). The molecule has 0 aliphatic heterocycles. The molecule has 3 aromatic rings. The van der Waals surface area contributed by atoms with Crippen LogP contribution in [0.3, 0.4) is 0 Å². The molecule has 0 saturated carbocycles. The number of aryl methyl sites for hydroxylation is 3. The van der Waals surface area contributed by atoms with Crippen molar-refractivity contribution in [2.75, 3.05) is 0 Å². The Morgan fingerprint density at radius 2 is 1.48 bits per heavy atom. The second kappa shape index (κ2) is 9.50. The largest absolute Gasteiger partial charge is 0.429 e. The van der Waals surface area contributed by atoms with E-state index in [2.05, 4.69) is 4.74 Å². The van der Waals surface area contributed by atoms with E-state index >= 15 is 0 Å². The lowest BCUT2D eigenvalue weighted by atomic mass is 9.98. The van der Waals surface area contributed by atoms with Gasteiger partial charge < -0.3 is 4.74 Å². The van der Waals surface area contributed by atoms with E-state index in [0.717, 1.165) is 23.6 Å². The first-order chi connectivity index (χ1) is 14.7. The minimum atomic E-state index is -3.71. The number of alkyl halides is 4. The summed E-state index contributed by atoms with van der Waals surface area (Å²) in [5, 5.41) is 0. The van der Waals surface area contributed by atoms with Gasteiger partial charge in [0.05, 0.1) is 12.0 Å². The third-order valence-electron chi connectivity index (χ3n) is 5.12. The quantitative estimate of drug-likeness (QED) is 0.327. The lowest BCUT2D eigenvalue weighted by molar-refractivity contribution is -0.181. The van der Waals surface area contributed by atoms with Crippen LogP contribution in [-0.2, 0) is 12.8 Å². The fourth-order valence-electron chi connectivity index (χ4n) is 3.29. The lowest BCUT2D eigenvalue weighted by Gasteiger charge is -2.20. The molecule has 0 radical (unpaired) electrons. The molecule has 0 spiro atoms. The van der Waals surface area contributed by atoms with E-state index in [-0.39, 0.29) is 12.0 Å². The monoisotopic (exact) mass is 434 g/mol. The lowest BCUT2D eigenvalue weighted by Crippen LogP contribution is -2.26. The third kappa shape index (κ3) is 5.63. The van der Waals surface area contributed by atoms with Crippen LogP contribution in [0.1, 0.15) is 42.0 Å². The molecule has 0 aromatic heterocycles. The van der Waals surface area contributed by atoms with Crippen molar-refractivity contribution in [1.29, 1.82) is 0 Å². The van der Waals surface area contributed by atoms with E-state index < -0.39 is 36.1 Å². The molecule has 0 fully saturated rings. The number of ether oxygens (including phenoxy) is 1. The highest BCUT2D eigenvalue weighted by Gasteiger charge is 2.34. The van der Waals surface area contributed by atoms with Gasteiger partial charge in [-0.3, -0.25) is 0 Å². The molecule has 0 bridgehead atoms. The van der Waals surface area contributed by atoms with Crippen LogP contribution in [0, 0.1) is 12.7 Å². The average molecular weight is 434 g/mol. The number of rotatable bonds is 8. The first-order valence-electron chi connectivity index (χ1n) is 10.0. The zero-order chi connectivity index (χ0) is 22.6. The highest BCUT2D eigenvalue weighted by atomic mass is 19.3. The topological polar surface area (TPSA) is 9.23 Å². The molecule has 3 aromatic carbocycles. The van der Waals surface area contributed by atoms with Gasteiger partial charge >= 0.3 is 6.11 Å². The molecular formula is C25H23F5O. The van der Waals surface area contributed by atoms with Crippen LogP contribution in [0.2, 0.25) is 0 Å². The second-order valence-electron chi connectivity index (χ2n) is 7.42. The Labute approximate surface area is 178 Å². The normalized spacial score (nSPS) is 11.7. The minimum Gasteiger partial charge on any atom is -0.429 e. The Morgan fingerprint density at radius 3 is 2.06 bits per heavy atom. The van der Waals surface area contributed by atoms with Gasteiger partial charge in [-0.15, -0.1) is 0 Å². The minimum absolute atomic E-state index is 0.00175. The summed E-state index contributed by atoms with van der Waals surface area (Å²) < 4.78 is 75.3. The van der Waals surface area contributed by atoms with Crippen LogP contribution >= 0.6 is 0 Å². The van der Waals surface area contributed by atoms with Gasteiger partial charge in [-0.2, -0.15) is 8.78 Å². The summed E-state index contributed by atoms with van der Waals surface area (Å²) in [6, 6.07) is 15.9. The Hall–Kier alpha value is -2.89. The summed E-state index contributed by atoms with van der Waals surface area (Å²) in [6.45, 7) is 3.82. The Morgan fingerprint density at radius 1 is 0.871 bits per heavy atom. The van der Waals surface area contributed by atoms with Gasteiger partial charge in [-0.1, -0.05) is 61.0 Å². The van der Waals surface area contributed by atoms with Crippen molar-refractivity contribution in [2.45, 2.75) is 45.6 Å². The molecule has 164 valence electrons. The summed E-state index contributed by atoms with van der Waals surface area (Å²) in [7, 11) is 0. The van der Waals surface area contributed by atoms with Crippen molar-refractivity contribution in [1.82, 2.24) is 0 Å². The number of benzene rings is 3. The molecule has 0 N–H and O–H groups in total. The predicted octanol–water partition coefficient (Wildman–Crippen LogP) is 7.91. The van der Waals surface area contributed by atoms with E-state index in [0.29, 0.717) is 11.1 Å². The van der Waals surface area contributed by atoms with Gasteiger partial charge in [-0.05, 0) is 54.2 Å². The summed E-state index contributed by atoms with van der Waals surface area (Å²) in [5.74, 6) is -2.36. The van der Waals surface area contributed by atoms with Gasteiger partial charge in [0, 0.05) is 0 Å². The van der Waals surface area contributed by atoms with Crippen LogP contribution in [0.4, 0.5) is 22.0 Å². The highest BCUT2D eigenvalue weighted by Crippen LogP contribution is 2.39. The summed E-state index contributed by atoms with van der Waals surface area (Å²) in [6.07, 6.45) is -6.77. The number of halogens is 5. The summed E-state index contributed by atoms with van der Waals surface area (Å²) in [4.78, 5) is 0. The van der Waals surface area contributed by atoms with E-state index in [9.17, 15) is 22.0 Å². The first-order valence-corrected chi connectivity index (χ1v) is 10.0. The Kier molecular flexibility index (Phi) is 6.98. The van der Waals surface area contributed by atoms with Gasteiger partial charge in [-0.25, -0.2) is 13.2 Å². The van der Waals surface area contributed by atoms with E-state index in [1.54, 1.807) is 36.4 Å². The summed E-state index contributed by atoms with van der Waals surface area (Å²) >= 11 is 0. The molecule has 1 nitrogen and oxygen atoms in total. The van der Waals surface area contributed by atoms with Crippen molar-refractivity contribution in [3.8, 4) is 16.9 Å². The van der Waals surface area contributed by atoms with Crippen LogP contribution < -0.4 is 4.74 Å². The molecule has 0 heterocycles. The van der Waals surface area contributed by atoms with Gasteiger partial charge in [0.2, 0.25) is 0 Å². The summed E-state index contributed by atoms with van der Waals surface area (Å²) in [5.41, 5.74) is 2.04. The van der Waals surface area contributed by atoms with Crippen molar-refractivity contribution in [3.05, 3.63) is 88.7 Å². The maximum absolute atomic E-state index is 14.8. The third-order valence-corrected chi connectivity index (χ3v) is 5.12. The molecule has 0 saturated heterocycles. The zero-order valence-corrected chi connectivity index (χ0v) is 17.3. The molecule has 0 aliphatic carbocycles. The van der Waals surface area contributed by atoms with Gasteiger partial charge in [0.25, 0.3) is 6.43 Å². The zero-order valence-electron chi connectivity index (χ0n) is 17.3. The van der Waals surface area contributed by atoms with Crippen LogP contribution in [0.15, 0.2) is 60.7 Å². The fourth-order valence-corrected chi connectivity index (χ4v) is 3.29. The molecule has 31 heavy (non-hydrogen) atoms. The molecule has 0 amide bonds. The first kappa shape index (κ1) is 22.8. The molecule has 0 unspecified atom stereocenters. The maximum Gasteiger partial charge on any atom is 0.398 e. The number of hydrogen-bond donors (Lipinski definition) is 0. The van der Waals surface area contributed by atoms with Crippen molar-refractivity contribution in [2.24, 2.45) is 0 Å². The molecule has 6 heteroatoms. The van der Waals surface area contributed by atoms with Crippen LogP contribution in [0.25, 0.3) is 11.1 Å². The Balaban J connectivity index is 1.81. The van der Waals surface area contributed by atoms with Crippen molar-refractivity contribution in [3.63, 3.8) is 0 Å². The van der Waals surface area contributed by atoms with Crippen molar-refractivity contribution < 1.29 is 26.7 Å². The Bertz CT molecular complexity index is 1010. The predicted molar refractivity (Wildman–Crippen MR) is 111 cm³/mol. The van der Waals surface area contributed by atoms with Crippen LogP contribution in [-0.4, -0.2) is 6.11 Å². The highest BCUT2D eigenvalue weighted by molar-refractivity contribution is 5.69.